The molecule has 8 nitrogen and oxygen atoms in total. The van der Waals surface area contributed by atoms with E-state index < -0.39 is 40.3 Å². The van der Waals surface area contributed by atoms with Gasteiger partial charge in [-0.1, -0.05) is 17.7 Å². The minimum Gasteiger partial charge on any atom is -0.371 e. The van der Waals surface area contributed by atoms with E-state index in [0.717, 1.165) is 5.56 Å². The highest BCUT2D eigenvalue weighted by Crippen LogP contribution is 2.29. The molecule has 0 radical (unpaired) electrons. The lowest BCUT2D eigenvalue weighted by molar-refractivity contribution is -0.126. The maximum Gasteiger partial charge on any atom is 0.243 e. The van der Waals surface area contributed by atoms with Crippen LogP contribution < -0.4 is 10.5 Å². The average molecular weight is 356 g/mol. The lowest BCUT2D eigenvalue weighted by Gasteiger charge is -2.18. The maximum atomic E-state index is 12.5. The minimum atomic E-state index is -3.67. The van der Waals surface area contributed by atoms with E-state index in [1.54, 1.807) is 24.3 Å². The van der Waals surface area contributed by atoms with Gasteiger partial charge in [0.2, 0.25) is 15.9 Å². The van der Waals surface area contributed by atoms with Crippen molar-refractivity contribution >= 4 is 15.9 Å². The van der Waals surface area contributed by atoms with Crippen molar-refractivity contribution in [2.45, 2.75) is 36.2 Å². The molecule has 0 saturated carbocycles. The van der Waals surface area contributed by atoms with Gasteiger partial charge in [0.15, 0.2) is 0 Å². The molecule has 1 aromatic carbocycles. The van der Waals surface area contributed by atoms with Crippen molar-refractivity contribution in [2.24, 2.45) is 5.73 Å². The monoisotopic (exact) mass is 356 g/mol. The molecule has 2 aliphatic rings. The van der Waals surface area contributed by atoms with Gasteiger partial charge in [-0.3, -0.25) is 4.79 Å². The average Bonchev–Trinajstić information content (AvgIpc) is 3.08. The van der Waals surface area contributed by atoms with E-state index in [-0.39, 0.29) is 24.7 Å². The highest BCUT2D eigenvalue weighted by Gasteiger charge is 2.49. The van der Waals surface area contributed by atoms with Crippen LogP contribution >= 0.6 is 0 Å². The number of nitrogens with two attached hydrogens (primary N) is 1. The molecule has 1 aromatic rings. The summed E-state index contributed by atoms with van der Waals surface area (Å²) >= 11 is 0. The summed E-state index contributed by atoms with van der Waals surface area (Å²) in [6, 6.07) is 6.08. The summed E-state index contributed by atoms with van der Waals surface area (Å²) in [6.07, 6.45) is -1.31. The Bertz CT molecular complexity index is 705. The van der Waals surface area contributed by atoms with E-state index in [4.69, 9.17) is 19.9 Å². The third-order valence-electron chi connectivity index (χ3n) is 4.09. The fourth-order valence-electron chi connectivity index (χ4n) is 2.88. The van der Waals surface area contributed by atoms with Crippen LogP contribution in [0.2, 0.25) is 0 Å². The van der Waals surface area contributed by atoms with E-state index >= 15 is 0 Å². The molecular formula is C15H20N2O6S. The van der Waals surface area contributed by atoms with Crippen LogP contribution in [0.5, 0.6) is 0 Å². The number of hydrogen-bond acceptors (Lipinski definition) is 6. The number of ether oxygens (including phenoxy) is 3. The molecule has 2 aliphatic heterocycles. The fourth-order valence-corrected chi connectivity index (χ4v) is 4.11. The maximum absolute atomic E-state index is 12.5. The van der Waals surface area contributed by atoms with Gasteiger partial charge in [0.25, 0.3) is 0 Å². The van der Waals surface area contributed by atoms with Crippen molar-refractivity contribution in [3.63, 3.8) is 0 Å². The van der Waals surface area contributed by atoms with Crippen molar-refractivity contribution in [3.8, 4) is 0 Å². The molecule has 2 heterocycles. The molecule has 0 bridgehead atoms. The number of aryl methyl sites for hydroxylation is 1. The number of rotatable bonds is 6. The molecule has 24 heavy (non-hydrogen) atoms. The predicted molar refractivity (Wildman–Crippen MR) is 83.7 cm³/mol. The Kier molecular flexibility index (Phi) is 4.88. The Labute approximate surface area is 140 Å². The first-order valence-electron chi connectivity index (χ1n) is 7.59. The van der Waals surface area contributed by atoms with Gasteiger partial charge in [-0.05, 0) is 19.1 Å². The molecule has 0 aliphatic carbocycles. The zero-order valence-corrected chi connectivity index (χ0v) is 14.0. The Morgan fingerprint density at radius 3 is 2.58 bits per heavy atom. The molecule has 1 amide bonds. The van der Waals surface area contributed by atoms with Crippen molar-refractivity contribution < 1.29 is 27.4 Å². The van der Waals surface area contributed by atoms with Gasteiger partial charge in [-0.25, -0.2) is 13.1 Å². The first-order valence-corrected chi connectivity index (χ1v) is 9.07. The number of hydrogen-bond donors (Lipinski definition) is 2. The van der Waals surface area contributed by atoms with Crippen molar-refractivity contribution in [1.29, 1.82) is 0 Å². The van der Waals surface area contributed by atoms with Crippen LogP contribution in [0.25, 0.3) is 0 Å². The summed E-state index contributed by atoms with van der Waals surface area (Å²) in [4.78, 5) is 11.0. The second kappa shape index (κ2) is 6.77. The molecular weight excluding hydrogens is 336 g/mol. The molecule has 2 fully saturated rings. The van der Waals surface area contributed by atoms with E-state index in [1.807, 2.05) is 6.92 Å². The van der Waals surface area contributed by atoms with E-state index in [2.05, 4.69) is 4.72 Å². The molecule has 4 atom stereocenters. The van der Waals surface area contributed by atoms with E-state index in [9.17, 15) is 13.2 Å². The number of benzene rings is 1. The number of carbonyl (C=O) groups excluding carboxylic acids is 1. The minimum absolute atomic E-state index is 0.177. The lowest BCUT2D eigenvalue weighted by atomic mass is 10.1. The lowest BCUT2D eigenvalue weighted by Crippen LogP contribution is -2.44. The van der Waals surface area contributed by atoms with Gasteiger partial charge in [0.05, 0.1) is 24.2 Å². The quantitative estimate of drug-likeness (QED) is 0.697. The highest BCUT2D eigenvalue weighted by atomic mass is 32.2. The van der Waals surface area contributed by atoms with Crippen molar-refractivity contribution in [1.82, 2.24) is 4.72 Å². The summed E-state index contributed by atoms with van der Waals surface area (Å²) in [5.41, 5.74) is 6.03. The van der Waals surface area contributed by atoms with Gasteiger partial charge in [0.1, 0.15) is 24.9 Å². The van der Waals surface area contributed by atoms with Crippen LogP contribution in [-0.4, -0.2) is 58.5 Å². The number of nitrogens with one attached hydrogen (secondary N) is 1. The molecule has 3 rings (SSSR count). The Morgan fingerprint density at radius 1 is 1.25 bits per heavy atom. The second-order valence-electron chi connectivity index (χ2n) is 5.95. The van der Waals surface area contributed by atoms with E-state index in [1.165, 1.54) is 0 Å². The standard InChI is InChI=1S/C15H20N2O6S/c1-9-2-4-10(5-3-9)24(19,20)17-11-6-22-15-12(7-23-14(11)15)21-8-13(16)18/h2-5,11-12,14-15,17H,6-8H2,1H3,(H2,16,18)/t11-,12+,14+,15+/m0/s1. The molecule has 2 saturated heterocycles. The first kappa shape index (κ1) is 17.3. The van der Waals surface area contributed by atoms with Crippen LogP contribution in [-0.2, 0) is 29.0 Å². The Hall–Kier alpha value is -1.52. The smallest absolute Gasteiger partial charge is 0.243 e. The molecule has 3 N–H and O–H groups in total. The van der Waals surface area contributed by atoms with Gasteiger partial charge in [0, 0.05) is 0 Å². The third-order valence-corrected chi connectivity index (χ3v) is 5.59. The number of sulfonamides is 1. The summed E-state index contributed by atoms with van der Waals surface area (Å²) in [7, 11) is -3.67. The summed E-state index contributed by atoms with van der Waals surface area (Å²) in [5, 5.41) is 0. The van der Waals surface area contributed by atoms with Crippen LogP contribution in [0.1, 0.15) is 5.56 Å². The van der Waals surface area contributed by atoms with Crippen LogP contribution in [0.3, 0.4) is 0 Å². The van der Waals surface area contributed by atoms with Crippen LogP contribution in [0, 0.1) is 6.92 Å². The topological polar surface area (TPSA) is 117 Å². The normalized spacial score (nSPS) is 29.5. The van der Waals surface area contributed by atoms with Gasteiger partial charge < -0.3 is 19.9 Å². The predicted octanol–water partition coefficient (Wildman–Crippen LogP) is -0.690. The largest absolute Gasteiger partial charge is 0.371 e. The highest BCUT2D eigenvalue weighted by molar-refractivity contribution is 7.89. The SMILES string of the molecule is Cc1ccc(S(=O)(=O)N[C@H]2CO[C@H]3[C@@H]2OC[C@H]3OCC(N)=O)cc1. The first-order chi connectivity index (χ1) is 11.4. The molecule has 0 unspecified atom stereocenters. The number of fused-ring (bicyclic) bond motifs is 1. The molecule has 0 spiro atoms. The number of primary amides is 1. The second-order valence-corrected chi connectivity index (χ2v) is 7.67. The molecule has 0 aromatic heterocycles. The fraction of sp³-hybridized carbons (Fsp3) is 0.533. The number of amides is 1. The van der Waals surface area contributed by atoms with E-state index in [0.29, 0.717) is 0 Å². The zero-order chi connectivity index (χ0) is 17.3. The molecule has 132 valence electrons. The Balaban J connectivity index is 1.65. The van der Waals surface area contributed by atoms with Crippen LogP contribution in [0.4, 0.5) is 0 Å². The zero-order valence-electron chi connectivity index (χ0n) is 13.2. The number of carbonyl (C=O) groups is 1. The van der Waals surface area contributed by atoms with Crippen molar-refractivity contribution in [3.05, 3.63) is 29.8 Å². The van der Waals surface area contributed by atoms with Crippen molar-refractivity contribution in [2.75, 3.05) is 19.8 Å². The van der Waals surface area contributed by atoms with Gasteiger partial charge >= 0.3 is 0 Å². The van der Waals surface area contributed by atoms with Gasteiger partial charge in [-0.15, -0.1) is 0 Å². The Morgan fingerprint density at radius 2 is 1.92 bits per heavy atom. The molecule has 9 heteroatoms. The summed E-state index contributed by atoms with van der Waals surface area (Å²) in [5.74, 6) is -0.576. The summed E-state index contributed by atoms with van der Waals surface area (Å²) < 4.78 is 44.1. The summed E-state index contributed by atoms with van der Waals surface area (Å²) in [6.45, 7) is 2.07. The third kappa shape index (κ3) is 3.60. The van der Waals surface area contributed by atoms with Gasteiger partial charge in [-0.2, -0.15) is 0 Å². The van der Waals surface area contributed by atoms with Crippen LogP contribution in [0.15, 0.2) is 29.2 Å².